The van der Waals surface area contributed by atoms with E-state index in [9.17, 15) is 5.11 Å². The van der Waals surface area contributed by atoms with Gasteiger partial charge in [-0.15, -0.1) is 0 Å². The Morgan fingerprint density at radius 2 is 2.06 bits per heavy atom. The fourth-order valence-corrected chi connectivity index (χ4v) is 2.64. The lowest BCUT2D eigenvalue weighted by atomic mass is 10.0. The highest BCUT2D eigenvalue weighted by Gasteiger charge is 2.33. The summed E-state index contributed by atoms with van der Waals surface area (Å²) in [5.74, 6) is 0.630. The van der Waals surface area contributed by atoms with Crippen LogP contribution in [0.3, 0.4) is 0 Å². The number of anilines is 1. The zero-order valence-electron chi connectivity index (χ0n) is 10.5. The summed E-state index contributed by atoms with van der Waals surface area (Å²) in [4.78, 5) is 10.5. The number of nitrogens with two attached hydrogens (primary N) is 1. The molecule has 0 amide bonds. The Kier molecular flexibility index (Phi) is 3.77. The van der Waals surface area contributed by atoms with E-state index in [1.807, 2.05) is 11.9 Å². The van der Waals surface area contributed by atoms with Gasteiger partial charge in [0.05, 0.1) is 5.60 Å². The van der Waals surface area contributed by atoms with Crippen LogP contribution in [-0.2, 0) is 0 Å². The summed E-state index contributed by atoms with van der Waals surface area (Å²) < 4.78 is 0. The predicted octanol–water partition coefficient (Wildman–Crippen LogP) is 0.852. The van der Waals surface area contributed by atoms with Crippen molar-refractivity contribution in [1.82, 2.24) is 9.97 Å². The van der Waals surface area contributed by atoms with Crippen molar-refractivity contribution in [2.24, 2.45) is 5.73 Å². The van der Waals surface area contributed by atoms with Gasteiger partial charge in [-0.25, -0.2) is 9.97 Å². The summed E-state index contributed by atoms with van der Waals surface area (Å²) in [7, 11) is 1.88. The Labute approximate surface area is 112 Å². The minimum Gasteiger partial charge on any atom is -0.388 e. The fraction of sp³-hybridized carbons (Fsp3) is 0.583. The van der Waals surface area contributed by atoms with Crippen LogP contribution in [0.4, 0.5) is 5.82 Å². The van der Waals surface area contributed by atoms with Gasteiger partial charge in [0, 0.05) is 26.0 Å². The number of hydrogen-bond donors (Lipinski definition) is 2. The van der Waals surface area contributed by atoms with E-state index in [1.54, 1.807) is 12.4 Å². The molecular weight excluding hydrogens is 248 g/mol. The van der Waals surface area contributed by atoms with E-state index in [2.05, 4.69) is 9.97 Å². The van der Waals surface area contributed by atoms with Crippen molar-refractivity contribution in [3.05, 3.63) is 18.1 Å². The van der Waals surface area contributed by atoms with E-state index < -0.39 is 5.60 Å². The van der Waals surface area contributed by atoms with E-state index in [-0.39, 0.29) is 4.99 Å². The molecule has 1 fully saturated rings. The minimum atomic E-state index is -0.625. The van der Waals surface area contributed by atoms with Crippen molar-refractivity contribution in [2.75, 3.05) is 18.5 Å². The van der Waals surface area contributed by atoms with Crippen molar-refractivity contribution >= 4 is 23.0 Å². The van der Waals surface area contributed by atoms with Crippen molar-refractivity contribution in [3.63, 3.8) is 0 Å². The van der Waals surface area contributed by atoms with Crippen LogP contribution in [0.5, 0.6) is 0 Å². The summed E-state index contributed by atoms with van der Waals surface area (Å²) >= 11 is 4.97. The van der Waals surface area contributed by atoms with E-state index in [4.69, 9.17) is 18.0 Å². The van der Waals surface area contributed by atoms with Gasteiger partial charge in [0.1, 0.15) is 10.7 Å². The van der Waals surface area contributed by atoms with Crippen molar-refractivity contribution in [2.45, 2.75) is 31.3 Å². The second-order valence-electron chi connectivity index (χ2n) is 4.88. The summed E-state index contributed by atoms with van der Waals surface area (Å²) in [6.07, 6.45) is 6.99. The Balaban J connectivity index is 2.18. The van der Waals surface area contributed by atoms with Gasteiger partial charge >= 0.3 is 0 Å². The molecular formula is C12H18N4OS. The highest BCUT2D eigenvalue weighted by molar-refractivity contribution is 7.80. The molecule has 0 saturated heterocycles. The van der Waals surface area contributed by atoms with Crippen molar-refractivity contribution < 1.29 is 5.11 Å². The maximum atomic E-state index is 10.4. The van der Waals surface area contributed by atoms with Gasteiger partial charge in [0.25, 0.3) is 0 Å². The molecule has 0 aromatic carbocycles. The molecule has 1 aromatic heterocycles. The van der Waals surface area contributed by atoms with Gasteiger partial charge < -0.3 is 15.7 Å². The lowest BCUT2D eigenvalue weighted by Gasteiger charge is -2.29. The normalized spacial score (nSPS) is 17.7. The summed E-state index contributed by atoms with van der Waals surface area (Å²) in [5, 5.41) is 10.4. The molecule has 0 radical (unpaired) electrons. The Bertz CT molecular complexity index is 445. The van der Waals surface area contributed by atoms with E-state index in [0.29, 0.717) is 18.1 Å². The first kappa shape index (κ1) is 13.2. The minimum absolute atomic E-state index is 0.225. The van der Waals surface area contributed by atoms with Crippen LogP contribution in [-0.4, -0.2) is 39.3 Å². The number of rotatable bonds is 4. The van der Waals surface area contributed by atoms with E-state index in [1.165, 1.54) is 0 Å². The first-order valence-electron chi connectivity index (χ1n) is 6.06. The summed E-state index contributed by atoms with van der Waals surface area (Å²) in [6.45, 7) is 0.529. The van der Waals surface area contributed by atoms with Crippen LogP contribution in [0.25, 0.3) is 0 Å². The van der Waals surface area contributed by atoms with Crippen molar-refractivity contribution in [1.29, 1.82) is 0 Å². The Morgan fingerprint density at radius 3 is 2.67 bits per heavy atom. The number of likely N-dealkylation sites (N-methyl/N-ethyl adjacent to an activating group) is 1. The van der Waals surface area contributed by atoms with Gasteiger partial charge in [0.15, 0.2) is 5.82 Å². The number of aromatic nitrogens is 2. The molecule has 0 bridgehead atoms. The molecule has 1 heterocycles. The maximum absolute atomic E-state index is 10.4. The second kappa shape index (κ2) is 5.16. The molecule has 0 aliphatic heterocycles. The van der Waals surface area contributed by atoms with Gasteiger partial charge in [0.2, 0.25) is 0 Å². The Hall–Kier alpha value is -1.27. The lowest BCUT2D eigenvalue weighted by molar-refractivity contribution is 0.0558. The van der Waals surface area contributed by atoms with Gasteiger partial charge in [-0.1, -0.05) is 25.1 Å². The van der Waals surface area contributed by atoms with Gasteiger partial charge in [-0.05, 0) is 12.8 Å². The van der Waals surface area contributed by atoms with Crippen LogP contribution in [0, 0.1) is 0 Å². The quantitative estimate of drug-likeness (QED) is 0.787. The molecule has 2 rings (SSSR count). The SMILES string of the molecule is CN(CC1(O)CCCC1)c1nccnc1C(N)=S. The zero-order chi connectivity index (χ0) is 13.2. The van der Waals surface area contributed by atoms with E-state index >= 15 is 0 Å². The van der Waals surface area contributed by atoms with Gasteiger partial charge in [-0.3, -0.25) is 0 Å². The average Bonchev–Trinajstić information content (AvgIpc) is 2.75. The van der Waals surface area contributed by atoms with Crippen LogP contribution in [0.15, 0.2) is 12.4 Å². The standard InChI is InChI=1S/C12H18N4OS/c1-16(8-12(17)4-2-3-5-12)11-9(10(13)18)14-6-7-15-11/h6-7,17H,2-5,8H2,1H3,(H2,13,18). The second-order valence-corrected chi connectivity index (χ2v) is 5.32. The summed E-state index contributed by atoms with van der Waals surface area (Å²) in [6, 6.07) is 0. The number of thiocarbonyl (C=S) groups is 1. The molecule has 6 heteroatoms. The van der Waals surface area contributed by atoms with Gasteiger partial charge in [-0.2, -0.15) is 0 Å². The van der Waals surface area contributed by atoms with Crippen LogP contribution < -0.4 is 10.6 Å². The first-order valence-corrected chi connectivity index (χ1v) is 6.47. The summed E-state index contributed by atoms with van der Waals surface area (Å²) in [5.41, 5.74) is 5.52. The molecule has 1 aliphatic carbocycles. The number of hydrogen-bond acceptors (Lipinski definition) is 5. The molecule has 0 atom stereocenters. The molecule has 1 saturated carbocycles. The third kappa shape index (κ3) is 2.76. The molecule has 1 aliphatic rings. The molecule has 5 nitrogen and oxygen atoms in total. The molecule has 98 valence electrons. The largest absolute Gasteiger partial charge is 0.388 e. The molecule has 1 aromatic rings. The van der Waals surface area contributed by atoms with Crippen LogP contribution in [0.2, 0.25) is 0 Å². The molecule has 3 N–H and O–H groups in total. The lowest BCUT2D eigenvalue weighted by Crippen LogP contribution is -2.40. The fourth-order valence-electron chi connectivity index (χ4n) is 2.49. The Morgan fingerprint density at radius 1 is 1.44 bits per heavy atom. The topological polar surface area (TPSA) is 75.3 Å². The highest BCUT2D eigenvalue weighted by atomic mass is 32.1. The molecule has 18 heavy (non-hydrogen) atoms. The number of nitrogens with zero attached hydrogens (tertiary/aromatic N) is 3. The maximum Gasteiger partial charge on any atom is 0.157 e. The first-order chi connectivity index (χ1) is 8.52. The smallest absolute Gasteiger partial charge is 0.157 e. The molecule has 0 unspecified atom stereocenters. The third-order valence-corrected chi connectivity index (χ3v) is 3.53. The van der Waals surface area contributed by atoms with Crippen molar-refractivity contribution in [3.8, 4) is 0 Å². The highest BCUT2D eigenvalue weighted by Crippen LogP contribution is 2.31. The predicted molar refractivity (Wildman–Crippen MR) is 74.6 cm³/mol. The average molecular weight is 266 g/mol. The molecule has 0 spiro atoms. The third-order valence-electron chi connectivity index (χ3n) is 3.34. The zero-order valence-corrected chi connectivity index (χ0v) is 11.3. The van der Waals surface area contributed by atoms with Crippen LogP contribution in [0.1, 0.15) is 31.4 Å². The van der Waals surface area contributed by atoms with Crippen LogP contribution >= 0.6 is 12.2 Å². The number of aliphatic hydroxyl groups is 1. The monoisotopic (exact) mass is 266 g/mol. The van der Waals surface area contributed by atoms with E-state index in [0.717, 1.165) is 25.7 Å².